The highest BCUT2D eigenvalue weighted by Crippen LogP contribution is 2.29. The summed E-state index contributed by atoms with van der Waals surface area (Å²) in [6, 6.07) is 8.08. The molecule has 0 spiro atoms. The van der Waals surface area contributed by atoms with Crippen LogP contribution in [0.15, 0.2) is 28.6 Å². The van der Waals surface area contributed by atoms with Crippen LogP contribution in [0, 0.1) is 0 Å². The van der Waals surface area contributed by atoms with E-state index in [2.05, 4.69) is 16.5 Å². The molecule has 17 heavy (non-hydrogen) atoms. The van der Waals surface area contributed by atoms with Gasteiger partial charge in [0.15, 0.2) is 4.34 Å². The zero-order valence-electron chi connectivity index (χ0n) is 9.18. The fourth-order valence-electron chi connectivity index (χ4n) is 1.38. The lowest BCUT2D eigenvalue weighted by Crippen LogP contribution is -2.29. The second kappa shape index (κ2) is 6.00. The summed E-state index contributed by atoms with van der Waals surface area (Å²) in [5.74, 6) is 5.77. The van der Waals surface area contributed by atoms with Gasteiger partial charge in [-0.05, 0) is 18.6 Å². The number of hydrogen-bond acceptors (Lipinski definition) is 5. The Morgan fingerprint density at radius 1 is 1.47 bits per heavy atom. The smallest absolute Gasteiger partial charge is 0.233 e. The quantitative estimate of drug-likeness (QED) is 0.286. The number of thioether (sulfide) groups is 1. The predicted octanol–water partition coefficient (Wildman–Crippen LogP) is 2.16. The van der Waals surface area contributed by atoms with Crippen LogP contribution in [0.4, 0.5) is 0 Å². The van der Waals surface area contributed by atoms with Crippen molar-refractivity contribution in [2.45, 2.75) is 17.2 Å². The summed E-state index contributed by atoms with van der Waals surface area (Å²) in [5.41, 5.74) is 3.17. The summed E-state index contributed by atoms with van der Waals surface area (Å²) in [6.45, 7) is 0. The first-order valence-electron chi connectivity index (χ1n) is 5.27. The van der Waals surface area contributed by atoms with E-state index in [9.17, 15) is 4.79 Å². The maximum Gasteiger partial charge on any atom is 0.233 e. The molecule has 0 bridgehead atoms. The fourth-order valence-corrected chi connectivity index (χ4v) is 3.46. The van der Waals surface area contributed by atoms with Crippen molar-refractivity contribution < 1.29 is 4.79 Å². The van der Waals surface area contributed by atoms with Gasteiger partial charge in [0.1, 0.15) is 0 Å². The average molecular weight is 267 g/mol. The lowest BCUT2D eigenvalue weighted by molar-refractivity contribution is -0.121. The molecular weight excluding hydrogens is 254 g/mol. The minimum Gasteiger partial charge on any atom is -0.294 e. The summed E-state index contributed by atoms with van der Waals surface area (Å²) >= 11 is 3.37. The number of thiazole rings is 1. The summed E-state index contributed by atoms with van der Waals surface area (Å²) in [7, 11) is 0. The number of carbonyl (C=O) groups is 1. The van der Waals surface area contributed by atoms with Gasteiger partial charge in [0, 0.05) is 12.2 Å². The molecule has 1 aromatic heterocycles. The van der Waals surface area contributed by atoms with Crippen molar-refractivity contribution in [1.29, 1.82) is 0 Å². The van der Waals surface area contributed by atoms with Gasteiger partial charge in [-0.25, -0.2) is 10.8 Å². The first-order chi connectivity index (χ1) is 8.29. The topological polar surface area (TPSA) is 68.0 Å². The molecule has 3 N–H and O–H groups in total. The van der Waals surface area contributed by atoms with Gasteiger partial charge in [-0.2, -0.15) is 0 Å². The number of rotatable bonds is 5. The molecule has 0 atom stereocenters. The third-order valence-corrected chi connectivity index (χ3v) is 4.47. The Kier molecular flexibility index (Phi) is 4.36. The zero-order chi connectivity index (χ0) is 12.1. The summed E-state index contributed by atoms with van der Waals surface area (Å²) in [5, 5.41) is 0. The van der Waals surface area contributed by atoms with E-state index in [-0.39, 0.29) is 5.91 Å². The third-order valence-electron chi connectivity index (χ3n) is 2.21. The van der Waals surface area contributed by atoms with Gasteiger partial charge in [-0.3, -0.25) is 10.2 Å². The number of benzene rings is 1. The Labute approximate surface area is 108 Å². The van der Waals surface area contributed by atoms with Crippen molar-refractivity contribution in [3.8, 4) is 0 Å². The van der Waals surface area contributed by atoms with Crippen LogP contribution in [-0.2, 0) is 4.79 Å². The molecule has 0 unspecified atom stereocenters. The fraction of sp³-hybridized carbons (Fsp3) is 0.273. The molecule has 1 heterocycles. The standard InChI is InChI=1S/C11H13N3OS2/c12-14-10(15)6-3-7-16-11-13-8-4-1-2-5-9(8)17-11/h1-2,4-5H,3,6-7,12H2,(H,14,15). The highest BCUT2D eigenvalue weighted by molar-refractivity contribution is 8.01. The van der Waals surface area contributed by atoms with Crippen molar-refractivity contribution in [3.05, 3.63) is 24.3 Å². The van der Waals surface area contributed by atoms with Gasteiger partial charge in [-0.1, -0.05) is 23.9 Å². The SMILES string of the molecule is NNC(=O)CCCSc1nc2ccccc2s1. The van der Waals surface area contributed by atoms with E-state index in [4.69, 9.17) is 5.84 Å². The van der Waals surface area contributed by atoms with E-state index in [1.807, 2.05) is 18.2 Å². The first-order valence-corrected chi connectivity index (χ1v) is 7.07. The van der Waals surface area contributed by atoms with Crippen LogP contribution in [0.1, 0.15) is 12.8 Å². The van der Waals surface area contributed by atoms with E-state index < -0.39 is 0 Å². The Hall–Kier alpha value is -1.11. The minimum absolute atomic E-state index is 0.116. The molecule has 6 heteroatoms. The highest BCUT2D eigenvalue weighted by Gasteiger charge is 2.04. The molecule has 2 aromatic rings. The molecule has 90 valence electrons. The predicted molar refractivity (Wildman–Crippen MR) is 71.9 cm³/mol. The number of amides is 1. The lowest BCUT2D eigenvalue weighted by atomic mass is 10.3. The van der Waals surface area contributed by atoms with Crippen molar-refractivity contribution >= 4 is 39.2 Å². The third kappa shape index (κ3) is 3.42. The molecule has 0 aliphatic carbocycles. The molecule has 1 amide bonds. The summed E-state index contributed by atoms with van der Waals surface area (Å²) in [6.07, 6.45) is 1.28. The monoisotopic (exact) mass is 267 g/mol. The number of nitrogens with zero attached hydrogens (tertiary/aromatic N) is 1. The summed E-state index contributed by atoms with van der Waals surface area (Å²) < 4.78 is 2.26. The number of para-hydroxylation sites is 1. The van der Waals surface area contributed by atoms with Gasteiger partial charge in [0.2, 0.25) is 5.91 Å². The van der Waals surface area contributed by atoms with E-state index in [1.165, 1.54) is 4.70 Å². The Morgan fingerprint density at radius 2 is 2.29 bits per heavy atom. The number of hydrogen-bond donors (Lipinski definition) is 2. The second-order valence-corrected chi connectivity index (χ2v) is 5.84. The number of nitrogens with one attached hydrogen (secondary N) is 1. The molecule has 0 fully saturated rings. The molecule has 0 saturated heterocycles. The normalized spacial score (nSPS) is 10.6. The average Bonchev–Trinajstić information content (AvgIpc) is 2.76. The van der Waals surface area contributed by atoms with Crippen LogP contribution in [0.5, 0.6) is 0 Å². The first kappa shape index (κ1) is 12.3. The van der Waals surface area contributed by atoms with Crippen LogP contribution in [-0.4, -0.2) is 16.6 Å². The van der Waals surface area contributed by atoms with E-state index in [0.717, 1.165) is 22.0 Å². The molecular formula is C11H13N3OS2. The van der Waals surface area contributed by atoms with Crippen LogP contribution < -0.4 is 11.3 Å². The van der Waals surface area contributed by atoms with Crippen LogP contribution in [0.25, 0.3) is 10.2 Å². The van der Waals surface area contributed by atoms with Gasteiger partial charge in [-0.15, -0.1) is 11.3 Å². The van der Waals surface area contributed by atoms with Gasteiger partial charge < -0.3 is 0 Å². The van der Waals surface area contributed by atoms with Gasteiger partial charge in [0.25, 0.3) is 0 Å². The van der Waals surface area contributed by atoms with Crippen LogP contribution >= 0.6 is 23.1 Å². The highest BCUT2D eigenvalue weighted by atomic mass is 32.2. The van der Waals surface area contributed by atoms with Crippen molar-refractivity contribution in [1.82, 2.24) is 10.4 Å². The zero-order valence-corrected chi connectivity index (χ0v) is 10.8. The molecule has 0 saturated carbocycles. The molecule has 4 nitrogen and oxygen atoms in total. The Balaban J connectivity index is 1.85. The van der Waals surface area contributed by atoms with Gasteiger partial charge >= 0.3 is 0 Å². The van der Waals surface area contributed by atoms with Crippen molar-refractivity contribution in [2.24, 2.45) is 5.84 Å². The van der Waals surface area contributed by atoms with E-state index >= 15 is 0 Å². The Bertz CT molecular complexity index is 479. The summed E-state index contributed by atoms with van der Waals surface area (Å²) in [4.78, 5) is 15.4. The largest absolute Gasteiger partial charge is 0.294 e. The number of aromatic nitrogens is 1. The van der Waals surface area contributed by atoms with Gasteiger partial charge in [0.05, 0.1) is 10.2 Å². The second-order valence-electron chi connectivity index (χ2n) is 3.47. The molecule has 0 radical (unpaired) electrons. The van der Waals surface area contributed by atoms with E-state index in [0.29, 0.717) is 6.42 Å². The number of fused-ring (bicyclic) bond motifs is 1. The maximum absolute atomic E-state index is 10.9. The molecule has 2 rings (SSSR count). The number of nitrogens with two attached hydrogens (primary N) is 1. The number of carbonyl (C=O) groups excluding carboxylic acids is 1. The number of hydrazine groups is 1. The Morgan fingerprint density at radius 3 is 3.06 bits per heavy atom. The lowest BCUT2D eigenvalue weighted by Gasteiger charge is -1.97. The van der Waals surface area contributed by atoms with Crippen LogP contribution in [0.2, 0.25) is 0 Å². The maximum atomic E-state index is 10.9. The van der Waals surface area contributed by atoms with E-state index in [1.54, 1.807) is 23.1 Å². The van der Waals surface area contributed by atoms with Crippen molar-refractivity contribution in [2.75, 3.05) is 5.75 Å². The molecule has 0 aliphatic heterocycles. The van der Waals surface area contributed by atoms with Crippen molar-refractivity contribution in [3.63, 3.8) is 0 Å². The minimum atomic E-state index is -0.116. The molecule has 1 aromatic carbocycles. The van der Waals surface area contributed by atoms with Crippen LogP contribution in [0.3, 0.4) is 0 Å². The molecule has 0 aliphatic rings.